The van der Waals surface area contributed by atoms with E-state index in [0.29, 0.717) is 59.5 Å². The molecule has 0 aliphatic carbocycles. The van der Waals surface area contributed by atoms with Crippen molar-refractivity contribution in [2.75, 3.05) is 59.5 Å². The molecule has 0 radical (unpaired) electrons. The van der Waals surface area contributed by atoms with Gasteiger partial charge in [0.1, 0.15) is 0 Å². The molecule has 13 heteroatoms. The first-order chi connectivity index (χ1) is 19.3. The molecule has 0 bridgehead atoms. The van der Waals surface area contributed by atoms with Gasteiger partial charge in [0.05, 0.1) is 0 Å². The molecule has 0 N–H and O–H groups in total. The second kappa shape index (κ2) is 22.4. The average molecular weight is 691 g/mol. The molecule has 9 nitrogen and oxygen atoms in total. The second-order valence-corrected chi connectivity index (χ2v) is 26.2. The van der Waals surface area contributed by atoms with Gasteiger partial charge in [-0.2, -0.15) is 0 Å². The molecule has 3 unspecified atom stereocenters. The Hall–Kier alpha value is 0.849. The Morgan fingerprint density at radius 3 is 0.575 bits per heavy atom. The van der Waals surface area contributed by atoms with Crippen LogP contribution in [0.15, 0.2) is 0 Å². The molecule has 0 heterocycles. The molecule has 0 aromatic rings. The van der Waals surface area contributed by atoms with Gasteiger partial charge in [-0.1, -0.05) is 0 Å². The first kappa shape index (κ1) is 40.8. The van der Waals surface area contributed by atoms with Crippen LogP contribution in [0, 0.1) is 0 Å². The first-order valence-electron chi connectivity index (χ1n) is 15.8. The molecule has 0 saturated carbocycles. The molecule has 0 aromatic heterocycles. The Morgan fingerprint density at radius 1 is 0.325 bits per heavy atom. The SMILES string of the molecule is CCO[Si](OCC)(OCC)C(CC)[As](C(CC)[Si](OCC)(OCC)OCC)C(CC)[Si](OCC)(OCC)OCC. The molecule has 242 valence electrons. The minimum absolute atomic E-state index is 0.0660. The third kappa shape index (κ3) is 10.5. The summed E-state index contributed by atoms with van der Waals surface area (Å²) in [5.74, 6) is 0. The van der Waals surface area contributed by atoms with Crippen LogP contribution in [-0.2, 0) is 39.8 Å². The summed E-state index contributed by atoms with van der Waals surface area (Å²) in [7, 11) is -9.50. The van der Waals surface area contributed by atoms with E-state index in [0.717, 1.165) is 19.3 Å². The zero-order valence-corrected chi connectivity index (χ0v) is 32.7. The third-order valence-corrected chi connectivity index (χ3v) is 33.9. The van der Waals surface area contributed by atoms with E-state index in [-0.39, 0.29) is 13.0 Å². The molecule has 0 saturated heterocycles. The summed E-state index contributed by atoms with van der Waals surface area (Å²) in [5.41, 5.74) is 0. The van der Waals surface area contributed by atoms with Gasteiger partial charge in [-0.05, 0) is 0 Å². The van der Waals surface area contributed by atoms with Crippen LogP contribution in [0.25, 0.3) is 0 Å². The van der Waals surface area contributed by atoms with E-state index < -0.39 is 41.1 Å². The Morgan fingerprint density at radius 2 is 0.475 bits per heavy atom. The summed E-state index contributed by atoms with van der Waals surface area (Å²) in [6.07, 6.45) is 2.55. The van der Waals surface area contributed by atoms with E-state index in [9.17, 15) is 0 Å². The molecule has 0 fully saturated rings. The van der Waals surface area contributed by atoms with E-state index >= 15 is 0 Å². The summed E-state index contributed by atoms with van der Waals surface area (Å²) in [6.45, 7) is 29.6. The fourth-order valence-corrected chi connectivity index (χ4v) is 38.8. The predicted molar refractivity (Wildman–Crippen MR) is 170 cm³/mol. The number of hydrogen-bond acceptors (Lipinski definition) is 9. The normalized spacial score (nSPS) is 16.2. The van der Waals surface area contributed by atoms with Gasteiger partial charge in [-0.3, -0.25) is 0 Å². The maximum absolute atomic E-state index is 6.64. The van der Waals surface area contributed by atoms with E-state index in [4.69, 9.17) is 39.8 Å². The molecule has 0 spiro atoms. The van der Waals surface area contributed by atoms with Gasteiger partial charge >= 0.3 is 256 Å². The van der Waals surface area contributed by atoms with E-state index in [1.807, 2.05) is 62.3 Å². The predicted octanol–water partition coefficient (Wildman–Crippen LogP) is 6.58. The summed E-state index contributed by atoms with van der Waals surface area (Å²) < 4.78 is 59.9. The van der Waals surface area contributed by atoms with Gasteiger partial charge in [0.2, 0.25) is 0 Å². The van der Waals surface area contributed by atoms with Crippen LogP contribution in [0.4, 0.5) is 0 Å². The molecular formula is C27H63AsO9Si3. The van der Waals surface area contributed by atoms with Gasteiger partial charge in [-0.25, -0.2) is 0 Å². The summed E-state index contributed by atoms with van der Waals surface area (Å²) in [5, 5.41) is 0. The molecule has 0 aliphatic rings. The maximum atomic E-state index is 6.64. The van der Waals surface area contributed by atoms with Crippen molar-refractivity contribution in [3.05, 3.63) is 0 Å². The fourth-order valence-electron chi connectivity index (χ4n) is 5.63. The molecule has 0 amide bonds. The van der Waals surface area contributed by atoms with Crippen LogP contribution in [-0.4, -0.2) is 101 Å². The van der Waals surface area contributed by atoms with Gasteiger partial charge < -0.3 is 0 Å². The van der Waals surface area contributed by atoms with E-state index in [1.54, 1.807) is 0 Å². The fraction of sp³-hybridized carbons (Fsp3) is 1.00. The molecule has 40 heavy (non-hydrogen) atoms. The van der Waals surface area contributed by atoms with Crippen LogP contribution >= 0.6 is 0 Å². The van der Waals surface area contributed by atoms with Crippen molar-refractivity contribution >= 4 is 41.1 Å². The van der Waals surface area contributed by atoms with Crippen molar-refractivity contribution in [1.82, 2.24) is 0 Å². The molecule has 0 aliphatic heterocycles. The topological polar surface area (TPSA) is 83.1 Å². The summed E-state index contributed by atoms with van der Waals surface area (Å²) >= 11 is -2.28. The van der Waals surface area contributed by atoms with Crippen LogP contribution in [0.3, 0.4) is 0 Å². The molecular weight excluding hydrogens is 627 g/mol. The van der Waals surface area contributed by atoms with E-state index in [1.165, 1.54) is 0 Å². The van der Waals surface area contributed by atoms with Crippen molar-refractivity contribution < 1.29 is 39.8 Å². The molecule has 0 rings (SSSR count). The first-order valence-corrected chi connectivity index (χ1v) is 24.4. The van der Waals surface area contributed by atoms with Crippen molar-refractivity contribution in [3.8, 4) is 0 Å². The van der Waals surface area contributed by atoms with Crippen molar-refractivity contribution in [3.63, 3.8) is 0 Å². The van der Waals surface area contributed by atoms with Crippen molar-refractivity contribution in [2.45, 2.75) is 115 Å². The van der Waals surface area contributed by atoms with Gasteiger partial charge in [0.25, 0.3) is 0 Å². The van der Waals surface area contributed by atoms with Crippen LogP contribution in [0.1, 0.15) is 102 Å². The van der Waals surface area contributed by atoms with Crippen molar-refractivity contribution in [1.29, 1.82) is 0 Å². The van der Waals surface area contributed by atoms with Crippen LogP contribution < -0.4 is 0 Å². The average Bonchev–Trinajstić information content (AvgIpc) is 2.91. The zero-order valence-electron chi connectivity index (χ0n) is 27.8. The number of rotatable bonds is 27. The van der Waals surface area contributed by atoms with Crippen LogP contribution in [0.2, 0.25) is 13.0 Å². The molecule has 3 atom stereocenters. The Balaban J connectivity index is 7.82. The third-order valence-electron chi connectivity index (χ3n) is 6.57. The molecule has 0 aromatic carbocycles. The minimum atomic E-state index is -3.17. The summed E-state index contributed by atoms with van der Waals surface area (Å²) in [6, 6.07) is 0. The second-order valence-electron chi connectivity index (χ2n) is 8.93. The summed E-state index contributed by atoms with van der Waals surface area (Å²) in [4.78, 5) is 0. The van der Waals surface area contributed by atoms with Gasteiger partial charge in [0, 0.05) is 0 Å². The quantitative estimate of drug-likeness (QED) is 0.0888. The van der Waals surface area contributed by atoms with E-state index in [2.05, 4.69) is 20.8 Å². The Labute approximate surface area is 255 Å². The van der Waals surface area contributed by atoms with Gasteiger partial charge in [0.15, 0.2) is 0 Å². The number of hydrogen-bond donors (Lipinski definition) is 0. The van der Waals surface area contributed by atoms with Gasteiger partial charge in [-0.15, -0.1) is 0 Å². The van der Waals surface area contributed by atoms with Crippen LogP contribution in [0.5, 0.6) is 0 Å². The Bertz CT molecular complexity index is 492. The Kier molecular flexibility index (Phi) is 22.8. The van der Waals surface area contributed by atoms with Crippen molar-refractivity contribution in [2.24, 2.45) is 0 Å². The standard InChI is InChI=1S/C27H63AsO9Si3/c1-13-25(38(29-16-4,30-17-5)31-18-6)28(26(14-2)39(32-19-7,33-20-8)34-21-9)27(15-3)40(35-22-10,36-23-11)37-24-12/h25-27H,13-24H2,1-12H3. The monoisotopic (exact) mass is 690 g/mol. The zero-order chi connectivity index (χ0) is 30.7.